The normalized spacial score (nSPS) is 14.0. The van der Waals surface area contributed by atoms with E-state index in [0.29, 0.717) is 19.3 Å². The lowest BCUT2D eigenvalue weighted by molar-refractivity contribution is -0.161. The molecule has 0 aliphatic carbocycles. The molecule has 0 aromatic heterocycles. The van der Waals surface area contributed by atoms with Crippen molar-refractivity contribution in [2.45, 2.75) is 277 Å². The molecule has 11 nitrogen and oxygen atoms in total. The van der Waals surface area contributed by atoms with Crippen LogP contribution in [0.15, 0.2) is 97.2 Å². The van der Waals surface area contributed by atoms with Gasteiger partial charge in [0.25, 0.3) is 0 Å². The van der Waals surface area contributed by atoms with Crippen LogP contribution in [0.2, 0.25) is 0 Å². The number of allylic oxidation sites excluding steroid dienone is 16. The maximum atomic E-state index is 12.9. The van der Waals surface area contributed by atoms with Gasteiger partial charge in [0.2, 0.25) is 0 Å². The van der Waals surface area contributed by atoms with Crippen molar-refractivity contribution in [1.29, 1.82) is 0 Å². The quantitative estimate of drug-likeness (QED) is 0.0197. The zero-order chi connectivity index (χ0) is 56.9. The van der Waals surface area contributed by atoms with E-state index < -0.39 is 57.8 Å². The molecule has 0 rings (SSSR count). The summed E-state index contributed by atoms with van der Waals surface area (Å²) in [5, 5.41) is 9.84. The summed E-state index contributed by atoms with van der Waals surface area (Å²) in [6.07, 6.45) is 70.7. The number of esters is 3. The summed E-state index contributed by atoms with van der Waals surface area (Å²) in [6.45, 7) is 4.39. The number of phosphoric acid groups is 1. The number of rotatable bonds is 57. The maximum Gasteiger partial charge on any atom is 0.472 e. The minimum atomic E-state index is -4.77. The highest BCUT2D eigenvalue weighted by atomic mass is 31.2. The summed E-state index contributed by atoms with van der Waals surface area (Å²) in [5.74, 6) is -1.51. The van der Waals surface area contributed by atoms with Gasteiger partial charge in [-0.05, 0) is 116 Å². The largest absolute Gasteiger partial charge is 0.472 e. The molecule has 0 aliphatic heterocycles. The van der Waals surface area contributed by atoms with Crippen LogP contribution in [0.5, 0.6) is 0 Å². The molecule has 3 atom stereocenters. The van der Waals surface area contributed by atoms with Crippen LogP contribution in [-0.4, -0.2) is 66.5 Å². The zero-order valence-corrected chi connectivity index (χ0v) is 50.5. The fraction of sp³-hybridized carbons (Fsp3) is 0.712. The molecule has 0 bridgehead atoms. The van der Waals surface area contributed by atoms with E-state index in [1.165, 1.54) is 77.0 Å². The minimum Gasteiger partial charge on any atom is -0.462 e. The van der Waals surface area contributed by atoms with Gasteiger partial charge in [0.1, 0.15) is 12.7 Å². The highest BCUT2D eigenvalue weighted by molar-refractivity contribution is 7.47. The maximum absolute atomic E-state index is 12.9. The Morgan fingerprint density at radius 1 is 0.372 bits per heavy atom. The number of hydrogen-bond donors (Lipinski definition) is 2. The smallest absolute Gasteiger partial charge is 0.462 e. The average Bonchev–Trinajstić information content (AvgIpc) is 3.43. The predicted molar refractivity (Wildman–Crippen MR) is 325 cm³/mol. The molecule has 78 heavy (non-hydrogen) atoms. The number of phosphoric ester groups is 1. The summed E-state index contributed by atoms with van der Waals surface area (Å²) in [5.41, 5.74) is 0. The highest BCUT2D eigenvalue weighted by Gasteiger charge is 2.28. The van der Waals surface area contributed by atoms with E-state index in [1.807, 2.05) is 0 Å². The van der Waals surface area contributed by atoms with Crippen LogP contribution in [0, 0.1) is 0 Å². The fourth-order valence-corrected chi connectivity index (χ4v) is 9.08. The Morgan fingerprint density at radius 3 is 1.04 bits per heavy atom. The molecule has 0 fully saturated rings. The van der Waals surface area contributed by atoms with Gasteiger partial charge >= 0.3 is 25.7 Å². The van der Waals surface area contributed by atoms with E-state index in [1.54, 1.807) is 0 Å². The van der Waals surface area contributed by atoms with Crippen LogP contribution in [0.25, 0.3) is 0 Å². The fourth-order valence-electron chi connectivity index (χ4n) is 8.30. The molecule has 3 unspecified atom stereocenters. The van der Waals surface area contributed by atoms with E-state index >= 15 is 0 Å². The first-order valence-corrected chi connectivity index (χ1v) is 32.6. The average molecular weight is 1110 g/mol. The van der Waals surface area contributed by atoms with Crippen LogP contribution >= 0.6 is 7.82 Å². The number of aliphatic hydroxyl groups excluding tert-OH is 1. The zero-order valence-electron chi connectivity index (χ0n) is 49.6. The summed E-state index contributed by atoms with van der Waals surface area (Å²) in [6, 6.07) is 0. The first-order chi connectivity index (χ1) is 38.2. The Hall–Kier alpha value is -3.60. The minimum absolute atomic E-state index is 0.135. The van der Waals surface area contributed by atoms with Gasteiger partial charge in [-0.2, -0.15) is 0 Å². The number of carbonyl (C=O) groups is 3. The third-order valence-electron chi connectivity index (χ3n) is 13.0. The number of hydrogen-bond acceptors (Lipinski definition) is 10. The molecule has 2 N–H and O–H groups in total. The van der Waals surface area contributed by atoms with Crippen molar-refractivity contribution in [1.82, 2.24) is 0 Å². The van der Waals surface area contributed by atoms with Gasteiger partial charge in [0.05, 0.1) is 19.8 Å². The van der Waals surface area contributed by atoms with Gasteiger partial charge in [-0.25, -0.2) is 4.57 Å². The van der Waals surface area contributed by atoms with Crippen molar-refractivity contribution in [3.63, 3.8) is 0 Å². The SMILES string of the molecule is CC/C=C\C/C=C\C/C=C\C/C=C\CCCCCCC(=O)OC(COC(=O)CCCCCCCCC/C=C\CCCCCCCC)COP(=O)(O)OCC(CO)OC(=O)CCCCCCCCC/C=C\C/C=C\C/C=C\CC. The van der Waals surface area contributed by atoms with Gasteiger partial charge in [-0.15, -0.1) is 0 Å². The summed E-state index contributed by atoms with van der Waals surface area (Å²) in [7, 11) is -4.77. The van der Waals surface area contributed by atoms with Crippen molar-refractivity contribution in [2.24, 2.45) is 0 Å². The van der Waals surface area contributed by atoms with E-state index in [0.717, 1.165) is 128 Å². The molecule has 0 saturated heterocycles. The van der Waals surface area contributed by atoms with Gasteiger partial charge in [-0.3, -0.25) is 23.4 Å². The second-order valence-corrected chi connectivity index (χ2v) is 21.9. The molecule has 0 heterocycles. The first kappa shape index (κ1) is 74.4. The van der Waals surface area contributed by atoms with E-state index in [-0.39, 0.29) is 25.9 Å². The van der Waals surface area contributed by atoms with E-state index in [2.05, 4.69) is 118 Å². The van der Waals surface area contributed by atoms with Gasteiger partial charge in [0, 0.05) is 19.3 Å². The molecule has 12 heteroatoms. The third-order valence-corrected chi connectivity index (χ3v) is 13.9. The topological polar surface area (TPSA) is 155 Å². The second-order valence-electron chi connectivity index (χ2n) is 20.5. The van der Waals surface area contributed by atoms with Crippen molar-refractivity contribution in [3.8, 4) is 0 Å². The standard InChI is InChI=1S/C66H113O11P/c1-4-7-10-13-16-19-22-25-28-31-34-37-40-43-46-49-52-55-64(68)73-59-63(77-66(70)57-54-51-48-45-42-39-36-33-30-27-24-21-18-15-12-9-6-3)61-75-78(71,72)74-60-62(58-67)76-65(69)56-53-50-47-44-41-38-35-32-29-26-23-20-17-14-11-8-5-2/h8-9,11-12,17-18,20-21,25-30,36,39,62-63,67H,4-7,10,13-16,19,22-24,31-35,37-38,40-61H2,1-3H3,(H,71,72)/b11-8-,12-9-,20-17-,21-18-,28-25-,29-26-,30-27-,39-36-. The summed E-state index contributed by atoms with van der Waals surface area (Å²) >= 11 is 0. The van der Waals surface area contributed by atoms with E-state index in [4.69, 9.17) is 23.3 Å². The molecular weight excluding hydrogens is 1000 g/mol. The van der Waals surface area contributed by atoms with Gasteiger partial charge in [-0.1, -0.05) is 227 Å². The lowest BCUT2D eigenvalue weighted by atomic mass is 10.1. The molecular formula is C66H113O11P. The molecule has 448 valence electrons. The summed E-state index contributed by atoms with van der Waals surface area (Å²) in [4.78, 5) is 48.7. The number of ether oxygens (including phenoxy) is 3. The Morgan fingerprint density at radius 2 is 0.667 bits per heavy atom. The van der Waals surface area contributed by atoms with Crippen LogP contribution < -0.4 is 0 Å². The van der Waals surface area contributed by atoms with Gasteiger partial charge < -0.3 is 24.2 Å². The van der Waals surface area contributed by atoms with Crippen molar-refractivity contribution in [2.75, 3.05) is 26.4 Å². The summed E-state index contributed by atoms with van der Waals surface area (Å²) < 4.78 is 39.6. The van der Waals surface area contributed by atoms with Crippen LogP contribution in [0.4, 0.5) is 0 Å². The Balaban J connectivity index is 4.75. The molecule has 0 spiro atoms. The molecule has 0 radical (unpaired) electrons. The molecule has 0 aliphatic rings. The molecule has 0 aromatic carbocycles. The highest BCUT2D eigenvalue weighted by Crippen LogP contribution is 2.43. The Labute approximate surface area is 476 Å². The Kier molecular flexibility index (Phi) is 56.8. The monoisotopic (exact) mass is 1110 g/mol. The van der Waals surface area contributed by atoms with Crippen LogP contribution in [0.3, 0.4) is 0 Å². The number of aliphatic hydroxyl groups is 1. The molecule has 0 aromatic rings. The van der Waals surface area contributed by atoms with E-state index in [9.17, 15) is 28.9 Å². The predicted octanol–water partition coefficient (Wildman–Crippen LogP) is 18.8. The van der Waals surface area contributed by atoms with Crippen molar-refractivity contribution in [3.05, 3.63) is 97.2 Å². The molecule has 0 amide bonds. The van der Waals surface area contributed by atoms with Gasteiger partial charge in [0.15, 0.2) is 6.10 Å². The lowest BCUT2D eigenvalue weighted by Gasteiger charge is -2.21. The van der Waals surface area contributed by atoms with Crippen molar-refractivity contribution < 1.29 is 52.2 Å². The third kappa shape index (κ3) is 57.1. The first-order valence-electron chi connectivity index (χ1n) is 31.1. The van der Waals surface area contributed by atoms with Crippen molar-refractivity contribution >= 4 is 25.7 Å². The van der Waals surface area contributed by atoms with Crippen LogP contribution in [-0.2, 0) is 42.2 Å². The molecule has 0 saturated carbocycles. The second kappa shape index (κ2) is 59.5. The number of carbonyl (C=O) groups excluding carboxylic acids is 3. The Bertz CT molecular complexity index is 1680. The number of unbranched alkanes of at least 4 members (excludes halogenated alkanes) is 24. The van der Waals surface area contributed by atoms with Crippen LogP contribution in [0.1, 0.15) is 265 Å². The lowest BCUT2D eigenvalue weighted by Crippen LogP contribution is -2.30.